The summed E-state index contributed by atoms with van der Waals surface area (Å²) in [5, 5.41) is 14.0. The van der Waals surface area contributed by atoms with E-state index in [1.54, 1.807) is 6.08 Å². The number of hydrogen-bond acceptors (Lipinski definition) is 6. The zero-order valence-electron chi connectivity index (χ0n) is 64.4. The van der Waals surface area contributed by atoms with Crippen LogP contribution in [0.25, 0.3) is 0 Å². The molecule has 0 radical (unpaired) electrons. The number of likely N-dealkylation sites (N-methyl/N-ethyl adjacent to an activating group) is 1. The second-order valence-electron chi connectivity index (χ2n) is 30.2. The number of phosphoric acid groups is 1. The summed E-state index contributed by atoms with van der Waals surface area (Å²) < 4.78 is 23.6. The zero-order valence-corrected chi connectivity index (χ0v) is 65.3. The van der Waals surface area contributed by atoms with Gasteiger partial charge in [-0.15, -0.1) is 0 Å². The number of phosphoric ester groups is 1. The number of unbranched alkanes of at least 4 members (excludes halogenated alkanes) is 58. The van der Waals surface area contributed by atoms with Crippen LogP contribution in [0.4, 0.5) is 0 Å². The van der Waals surface area contributed by atoms with Crippen molar-refractivity contribution in [2.75, 3.05) is 40.9 Å². The highest BCUT2D eigenvalue weighted by molar-refractivity contribution is 7.45. The first-order chi connectivity index (χ1) is 46.5. The van der Waals surface area contributed by atoms with Crippen molar-refractivity contribution in [1.29, 1.82) is 0 Å². The number of hydrogen-bond donors (Lipinski definition) is 2. The molecule has 560 valence electrons. The average Bonchev–Trinajstić information content (AvgIpc) is 2.01. The van der Waals surface area contributed by atoms with E-state index < -0.39 is 20.0 Å². The maximum atomic E-state index is 13.1. The maximum absolute atomic E-state index is 13.1. The molecule has 8 nitrogen and oxygen atoms in total. The number of nitrogens with zero attached hydrogens (tertiary/aromatic N) is 1. The molecule has 0 saturated carbocycles. The fourth-order valence-electron chi connectivity index (χ4n) is 13.0. The lowest BCUT2D eigenvalue weighted by molar-refractivity contribution is -0.870. The topological polar surface area (TPSA) is 108 Å². The lowest BCUT2D eigenvalue weighted by Gasteiger charge is -2.29. The van der Waals surface area contributed by atoms with Crippen LogP contribution in [0.3, 0.4) is 0 Å². The lowest BCUT2D eigenvalue weighted by Crippen LogP contribution is -2.45. The highest BCUT2D eigenvalue weighted by Crippen LogP contribution is 2.38. The first kappa shape index (κ1) is 93.2. The van der Waals surface area contributed by atoms with Crippen LogP contribution in [-0.2, 0) is 18.4 Å². The van der Waals surface area contributed by atoms with E-state index in [1.807, 2.05) is 27.2 Å². The largest absolute Gasteiger partial charge is 0.756 e. The van der Waals surface area contributed by atoms with E-state index in [0.29, 0.717) is 17.4 Å². The van der Waals surface area contributed by atoms with Crippen LogP contribution in [0, 0.1) is 0 Å². The summed E-state index contributed by atoms with van der Waals surface area (Å²) in [5.74, 6) is -0.188. The Morgan fingerprint density at radius 1 is 0.379 bits per heavy atom. The molecule has 1 amide bonds. The minimum atomic E-state index is -4.61. The Kier molecular flexibility index (Phi) is 74.9. The molecular weight excluding hydrogens is 1190 g/mol. The van der Waals surface area contributed by atoms with Gasteiger partial charge in [0.1, 0.15) is 13.2 Å². The SMILES string of the molecule is CC/C=C\C/C=C\C/C=C\C/C=C\CCCCCCCCCCCCCCCCCCCCCCCCCCCCCCC(=O)NC(COP(=O)([O-])OCC[N+](C)(C)C)C(O)/C=C/CCCCCCCCCCCCCCCCCCCCCCCCCCCCCCCC. The summed E-state index contributed by atoms with van der Waals surface area (Å²) in [6.45, 7) is 4.60. The molecule has 0 aromatic carbocycles. The van der Waals surface area contributed by atoms with Crippen molar-refractivity contribution in [3.05, 3.63) is 60.8 Å². The Morgan fingerprint density at radius 3 is 0.937 bits per heavy atom. The van der Waals surface area contributed by atoms with E-state index in [9.17, 15) is 19.4 Å². The number of nitrogens with one attached hydrogen (secondary N) is 1. The Hall–Kier alpha value is -1.80. The van der Waals surface area contributed by atoms with Crippen LogP contribution in [0.2, 0.25) is 0 Å². The molecule has 0 saturated heterocycles. The number of quaternary nitrogens is 1. The molecule has 0 aliphatic rings. The standard InChI is InChI=1S/C86H165N2O6P/c1-6-8-10-12-14-16-18-20-22-24-26-28-30-32-34-36-38-40-41-42-43-44-45-46-47-48-50-52-54-56-58-60-62-64-66-68-70-72-74-76-78-80-86(90)87-84(83-94-95(91,92)93-82-81-88(3,4)5)85(89)79-77-75-73-71-69-67-65-63-61-59-57-55-53-51-49-39-37-35-33-31-29-27-25-23-21-19-17-15-13-11-9-7-2/h8,10,14,16,20,22,26,28,77,79,84-85,89H,6-7,9,11-13,15,17-19,21,23-25,27,29-76,78,80-83H2,1-5H3,(H-,87,90,91,92)/b10-8-,16-14-,22-20-,28-26-,79-77+. The second kappa shape index (κ2) is 76.4. The maximum Gasteiger partial charge on any atom is 0.268 e. The third kappa shape index (κ3) is 79.4. The molecule has 95 heavy (non-hydrogen) atoms. The van der Waals surface area contributed by atoms with Gasteiger partial charge in [-0.25, -0.2) is 0 Å². The van der Waals surface area contributed by atoms with Gasteiger partial charge in [0.25, 0.3) is 7.82 Å². The number of allylic oxidation sites excluding steroid dienone is 9. The van der Waals surface area contributed by atoms with Crippen LogP contribution in [-0.4, -0.2) is 68.5 Å². The summed E-state index contributed by atoms with van der Waals surface area (Å²) in [7, 11) is 1.28. The average molecular weight is 1350 g/mol. The third-order valence-corrected chi connectivity index (χ3v) is 20.4. The molecule has 9 heteroatoms. The predicted octanol–water partition coefficient (Wildman–Crippen LogP) is 27.2. The monoisotopic (exact) mass is 1350 g/mol. The molecule has 0 spiro atoms. The van der Waals surface area contributed by atoms with Gasteiger partial charge >= 0.3 is 0 Å². The van der Waals surface area contributed by atoms with E-state index in [2.05, 4.69) is 67.8 Å². The van der Waals surface area contributed by atoms with E-state index in [0.717, 1.165) is 64.2 Å². The van der Waals surface area contributed by atoms with Gasteiger partial charge in [0, 0.05) is 6.42 Å². The molecule has 0 aliphatic heterocycles. The van der Waals surface area contributed by atoms with Crippen LogP contribution in [0.1, 0.15) is 431 Å². The van der Waals surface area contributed by atoms with Crippen molar-refractivity contribution in [1.82, 2.24) is 5.32 Å². The quantitative estimate of drug-likeness (QED) is 0.0272. The molecule has 0 aromatic heterocycles. The van der Waals surface area contributed by atoms with E-state index in [-0.39, 0.29) is 19.1 Å². The Bertz CT molecular complexity index is 1740. The van der Waals surface area contributed by atoms with Gasteiger partial charge in [0.05, 0.1) is 39.9 Å². The van der Waals surface area contributed by atoms with Gasteiger partial charge in [-0.2, -0.15) is 0 Å². The van der Waals surface area contributed by atoms with Gasteiger partial charge in [-0.1, -0.05) is 428 Å². The molecule has 0 heterocycles. The number of carbonyl (C=O) groups is 1. The molecule has 0 rings (SSSR count). The van der Waals surface area contributed by atoms with Crippen LogP contribution < -0.4 is 10.2 Å². The minimum Gasteiger partial charge on any atom is -0.756 e. The molecular formula is C86H165N2O6P. The van der Waals surface area contributed by atoms with Crippen molar-refractivity contribution < 1.29 is 32.9 Å². The van der Waals surface area contributed by atoms with Gasteiger partial charge in [-0.05, 0) is 57.8 Å². The van der Waals surface area contributed by atoms with Crippen molar-refractivity contribution >= 4 is 13.7 Å². The van der Waals surface area contributed by atoms with E-state index >= 15 is 0 Å². The number of amides is 1. The smallest absolute Gasteiger partial charge is 0.268 e. The number of aliphatic hydroxyl groups is 1. The summed E-state index contributed by atoms with van der Waals surface area (Å²) >= 11 is 0. The first-order valence-corrected chi connectivity index (χ1v) is 43.6. The van der Waals surface area contributed by atoms with Crippen molar-refractivity contribution in [2.45, 2.75) is 443 Å². The Labute approximate surface area is 593 Å². The van der Waals surface area contributed by atoms with E-state index in [4.69, 9.17) is 9.05 Å². The molecule has 0 bridgehead atoms. The molecule has 2 N–H and O–H groups in total. The highest BCUT2D eigenvalue weighted by Gasteiger charge is 2.23. The summed E-state index contributed by atoms with van der Waals surface area (Å²) in [6, 6.07) is -0.888. The van der Waals surface area contributed by atoms with Crippen molar-refractivity contribution in [3.63, 3.8) is 0 Å². The lowest BCUT2D eigenvalue weighted by atomic mass is 10.0. The Morgan fingerprint density at radius 2 is 0.642 bits per heavy atom. The Balaban J connectivity index is 3.90. The van der Waals surface area contributed by atoms with Crippen molar-refractivity contribution in [2.24, 2.45) is 0 Å². The van der Waals surface area contributed by atoms with Crippen LogP contribution in [0.15, 0.2) is 60.8 Å². The predicted molar refractivity (Wildman–Crippen MR) is 418 cm³/mol. The molecule has 3 unspecified atom stereocenters. The normalized spacial score (nSPS) is 13.7. The van der Waals surface area contributed by atoms with Crippen LogP contribution >= 0.6 is 7.82 Å². The van der Waals surface area contributed by atoms with Gasteiger partial charge in [0.15, 0.2) is 0 Å². The van der Waals surface area contributed by atoms with Gasteiger partial charge in [-0.3, -0.25) is 9.36 Å². The van der Waals surface area contributed by atoms with Crippen molar-refractivity contribution in [3.8, 4) is 0 Å². The summed E-state index contributed by atoms with van der Waals surface area (Å²) in [6.07, 6.45) is 107. The third-order valence-electron chi connectivity index (χ3n) is 19.5. The van der Waals surface area contributed by atoms with Gasteiger partial charge < -0.3 is 28.8 Å². The van der Waals surface area contributed by atoms with E-state index in [1.165, 1.54) is 347 Å². The number of carbonyl (C=O) groups excluding carboxylic acids is 1. The second-order valence-corrected chi connectivity index (χ2v) is 31.6. The number of aliphatic hydroxyl groups excluding tert-OH is 1. The highest BCUT2D eigenvalue weighted by atomic mass is 31.2. The zero-order chi connectivity index (χ0) is 69.0. The molecule has 3 atom stereocenters. The molecule has 0 aromatic rings. The fourth-order valence-corrected chi connectivity index (χ4v) is 13.8. The van der Waals surface area contributed by atoms with Crippen LogP contribution in [0.5, 0.6) is 0 Å². The summed E-state index contributed by atoms with van der Waals surface area (Å²) in [5.41, 5.74) is 0. The minimum absolute atomic E-state index is 0.00114. The number of rotatable bonds is 79. The summed E-state index contributed by atoms with van der Waals surface area (Å²) in [4.78, 5) is 25.7. The van der Waals surface area contributed by atoms with Gasteiger partial charge in [0.2, 0.25) is 5.91 Å². The molecule has 0 fully saturated rings. The molecule has 0 aliphatic carbocycles. The first-order valence-electron chi connectivity index (χ1n) is 42.2. The fraction of sp³-hybridized carbons (Fsp3) is 0.872.